The molecule has 1 heterocycles. The van der Waals surface area contributed by atoms with Gasteiger partial charge in [-0.1, -0.05) is 206 Å². The standard InChI is InChI=1S/C61H42N2/c1-4-15-40(16-5-1)41-27-29-43(30-28-41)49-34-31-42-17-10-11-22-48(42)56-37-46(32-35-52(49)56)47-33-36-53-50-23-12-13-24-51(50)54-25-14-26-55(60(54)57(53)38-47)61-62-58(44-18-6-2-7-19-44)39-59(63-61)45-20-8-3-9-21-45/h1-30,32-33,35-39,49H,31,34H2. The molecule has 1 unspecified atom stereocenters. The maximum absolute atomic E-state index is 5.34. The maximum Gasteiger partial charge on any atom is 0.161 e. The molecule has 0 radical (unpaired) electrons. The highest BCUT2D eigenvalue weighted by molar-refractivity contribution is 6.28. The molecule has 296 valence electrons. The van der Waals surface area contributed by atoms with E-state index >= 15 is 0 Å². The molecule has 1 aliphatic carbocycles. The van der Waals surface area contributed by atoms with Crippen molar-refractivity contribution in [3.05, 3.63) is 241 Å². The van der Waals surface area contributed by atoms with Crippen LogP contribution in [0.2, 0.25) is 0 Å². The molecule has 11 aromatic rings. The Bertz CT molecular complexity index is 3430. The molecule has 1 aliphatic rings. The first-order valence-corrected chi connectivity index (χ1v) is 22.0. The van der Waals surface area contributed by atoms with E-state index < -0.39 is 0 Å². The molecule has 2 heteroatoms. The summed E-state index contributed by atoms with van der Waals surface area (Å²) in [7, 11) is 0. The molecule has 0 fully saturated rings. The van der Waals surface area contributed by atoms with Gasteiger partial charge in [-0.25, -0.2) is 9.97 Å². The fraction of sp³-hybridized carbons (Fsp3) is 0.0492. The fourth-order valence-corrected chi connectivity index (χ4v) is 10.1. The lowest BCUT2D eigenvalue weighted by molar-refractivity contribution is 0.726. The van der Waals surface area contributed by atoms with Crippen LogP contribution in [-0.4, -0.2) is 9.97 Å². The molecule has 1 aromatic heterocycles. The summed E-state index contributed by atoms with van der Waals surface area (Å²) in [5.74, 6) is 1.00. The first-order chi connectivity index (χ1) is 31.2. The zero-order valence-corrected chi connectivity index (χ0v) is 34.7. The second-order valence-electron chi connectivity index (χ2n) is 16.8. The van der Waals surface area contributed by atoms with Crippen LogP contribution >= 0.6 is 0 Å². The Kier molecular flexibility index (Phi) is 9.08. The van der Waals surface area contributed by atoms with E-state index in [0.717, 1.165) is 46.3 Å². The summed E-state index contributed by atoms with van der Waals surface area (Å²) in [6, 6.07) is 81.7. The summed E-state index contributed by atoms with van der Waals surface area (Å²) in [6.45, 7) is 0. The van der Waals surface area contributed by atoms with Crippen LogP contribution in [0.25, 0.3) is 99.6 Å². The minimum Gasteiger partial charge on any atom is -0.228 e. The SMILES string of the molecule is c1ccc(-c2ccc(C3CCc4ccccc4-c4cc(-c5ccc6c7ccccc7c7cccc(-c8nc(-c9ccccc9)cc(-c9ccccc9)n8)c7c6c5)ccc43)cc2)cc1. The molecular weight excluding hydrogens is 761 g/mol. The second kappa shape index (κ2) is 15.5. The average Bonchev–Trinajstić information content (AvgIpc) is 3.53. The molecule has 10 aromatic carbocycles. The minimum absolute atomic E-state index is 0.285. The monoisotopic (exact) mass is 802 g/mol. The summed E-state index contributed by atoms with van der Waals surface area (Å²) in [5, 5.41) is 7.23. The number of fused-ring (bicyclic) bond motifs is 9. The summed E-state index contributed by atoms with van der Waals surface area (Å²) in [6.07, 6.45) is 2.09. The largest absolute Gasteiger partial charge is 0.228 e. The molecule has 0 saturated heterocycles. The van der Waals surface area contributed by atoms with E-state index in [0.29, 0.717) is 5.82 Å². The van der Waals surface area contributed by atoms with Gasteiger partial charge in [-0.2, -0.15) is 0 Å². The summed E-state index contributed by atoms with van der Waals surface area (Å²) in [5.41, 5.74) is 16.7. The molecule has 2 nitrogen and oxygen atoms in total. The Morgan fingerprint density at radius 3 is 1.57 bits per heavy atom. The number of hydrogen-bond donors (Lipinski definition) is 0. The molecular formula is C61H42N2. The van der Waals surface area contributed by atoms with Crippen molar-refractivity contribution in [2.24, 2.45) is 0 Å². The predicted octanol–water partition coefficient (Wildman–Crippen LogP) is 16.0. The molecule has 1 atom stereocenters. The number of aromatic nitrogens is 2. The molecule has 63 heavy (non-hydrogen) atoms. The molecule has 0 saturated carbocycles. The van der Waals surface area contributed by atoms with E-state index in [-0.39, 0.29) is 5.92 Å². The van der Waals surface area contributed by atoms with Gasteiger partial charge in [-0.05, 0) is 108 Å². The lowest BCUT2D eigenvalue weighted by Crippen LogP contribution is -2.02. The Morgan fingerprint density at radius 1 is 0.333 bits per heavy atom. The van der Waals surface area contributed by atoms with E-state index in [1.54, 1.807) is 0 Å². The van der Waals surface area contributed by atoms with Crippen LogP contribution in [0.1, 0.15) is 29.0 Å². The first-order valence-electron chi connectivity index (χ1n) is 22.0. The van der Waals surface area contributed by atoms with Crippen LogP contribution in [0.4, 0.5) is 0 Å². The van der Waals surface area contributed by atoms with Crippen LogP contribution in [0.5, 0.6) is 0 Å². The highest BCUT2D eigenvalue weighted by Gasteiger charge is 2.25. The maximum atomic E-state index is 5.34. The summed E-state index contributed by atoms with van der Waals surface area (Å²) >= 11 is 0. The Balaban J connectivity index is 1.05. The highest BCUT2D eigenvalue weighted by atomic mass is 14.9. The second-order valence-corrected chi connectivity index (χ2v) is 16.8. The van der Waals surface area contributed by atoms with Gasteiger partial charge in [0.05, 0.1) is 11.4 Å². The predicted molar refractivity (Wildman–Crippen MR) is 264 cm³/mol. The van der Waals surface area contributed by atoms with E-state index in [1.165, 1.54) is 77.0 Å². The fourth-order valence-electron chi connectivity index (χ4n) is 10.1. The Hall–Kier alpha value is -7.94. The number of aryl methyl sites for hydroxylation is 1. The van der Waals surface area contributed by atoms with E-state index in [9.17, 15) is 0 Å². The minimum atomic E-state index is 0.285. The normalized spacial score (nSPS) is 13.4. The van der Waals surface area contributed by atoms with Gasteiger partial charge in [-0.3, -0.25) is 0 Å². The van der Waals surface area contributed by atoms with Crippen molar-refractivity contribution in [2.75, 3.05) is 0 Å². The molecule has 0 aliphatic heterocycles. The number of rotatable bonds is 6. The van der Waals surface area contributed by atoms with Gasteiger partial charge in [0.25, 0.3) is 0 Å². The molecule has 12 rings (SSSR count). The molecule has 0 N–H and O–H groups in total. The van der Waals surface area contributed by atoms with Crippen molar-refractivity contribution in [3.8, 4) is 67.3 Å². The third kappa shape index (κ3) is 6.59. The van der Waals surface area contributed by atoms with Crippen molar-refractivity contribution >= 4 is 32.3 Å². The van der Waals surface area contributed by atoms with Crippen LogP contribution in [-0.2, 0) is 6.42 Å². The number of benzene rings is 10. The van der Waals surface area contributed by atoms with Gasteiger partial charge in [-0.15, -0.1) is 0 Å². The van der Waals surface area contributed by atoms with Crippen molar-refractivity contribution in [2.45, 2.75) is 18.8 Å². The van der Waals surface area contributed by atoms with Crippen molar-refractivity contribution in [1.82, 2.24) is 9.97 Å². The topological polar surface area (TPSA) is 25.8 Å². The smallest absolute Gasteiger partial charge is 0.161 e. The zero-order valence-electron chi connectivity index (χ0n) is 34.7. The van der Waals surface area contributed by atoms with Gasteiger partial charge in [0.1, 0.15) is 0 Å². The summed E-state index contributed by atoms with van der Waals surface area (Å²) in [4.78, 5) is 10.7. The molecule has 0 spiro atoms. The quantitative estimate of drug-likeness (QED) is 0.157. The number of nitrogens with zero attached hydrogens (tertiary/aromatic N) is 2. The van der Waals surface area contributed by atoms with Gasteiger partial charge >= 0.3 is 0 Å². The number of hydrogen-bond acceptors (Lipinski definition) is 2. The Labute approximate surface area is 367 Å². The van der Waals surface area contributed by atoms with Crippen molar-refractivity contribution in [3.63, 3.8) is 0 Å². The van der Waals surface area contributed by atoms with Crippen LogP contribution < -0.4 is 0 Å². The molecule has 0 amide bonds. The lowest BCUT2D eigenvalue weighted by atomic mass is 9.83. The lowest BCUT2D eigenvalue weighted by Gasteiger charge is -2.20. The third-order valence-electron chi connectivity index (χ3n) is 13.2. The van der Waals surface area contributed by atoms with Crippen LogP contribution in [0.15, 0.2) is 224 Å². The Morgan fingerprint density at radius 2 is 0.857 bits per heavy atom. The van der Waals surface area contributed by atoms with Crippen LogP contribution in [0.3, 0.4) is 0 Å². The van der Waals surface area contributed by atoms with Crippen LogP contribution in [0, 0.1) is 0 Å². The van der Waals surface area contributed by atoms with Crippen molar-refractivity contribution in [1.29, 1.82) is 0 Å². The summed E-state index contributed by atoms with van der Waals surface area (Å²) < 4.78 is 0. The molecule has 0 bridgehead atoms. The van der Waals surface area contributed by atoms with E-state index in [2.05, 4.69) is 224 Å². The highest BCUT2D eigenvalue weighted by Crippen LogP contribution is 2.45. The van der Waals surface area contributed by atoms with Gasteiger partial charge in [0.2, 0.25) is 0 Å². The third-order valence-corrected chi connectivity index (χ3v) is 13.2. The van der Waals surface area contributed by atoms with Gasteiger partial charge in [0, 0.05) is 28.0 Å². The van der Waals surface area contributed by atoms with E-state index in [4.69, 9.17) is 9.97 Å². The van der Waals surface area contributed by atoms with E-state index in [1.807, 2.05) is 0 Å². The first kappa shape index (κ1) is 36.9. The van der Waals surface area contributed by atoms with Gasteiger partial charge in [0.15, 0.2) is 5.82 Å². The van der Waals surface area contributed by atoms with Crippen molar-refractivity contribution < 1.29 is 0 Å². The van der Waals surface area contributed by atoms with Gasteiger partial charge < -0.3 is 0 Å². The average molecular weight is 803 g/mol. The zero-order chi connectivity index (χ0) is 41.7.